The average Bonchev–Trinajstić information content (AvgIpc) is 2.79. The summed E-state index contributed by atoms with van der Waals surface area (Å²) in [6, 6.07) is 11.0. The first-order valence-corrected chi connectivity index (χ1v) is 11.5. The van der Waals surface area contributed by atoms with Crippen LogP contribution in [-0.2, 0) is 22.5 Å². The Balaban J connectivity index is 1.80. The molecule has 1 aliphatic rings. The Morgan fingerprint density at radius 1 is 1.09 bits per heavy atom. The predicted molar refractivity (Wildman–Crippen MR) is 129 cm³/mol. The monoisotopic (exact) mass is 469 g/mol. The first-order chi connectivity index (χ1) is 16.0. The van der Waals surface area contributed by atoms with Crippen LogP contribution < -0.4 is 9.47 Å². The molecule has 0 radical (unpaired) electrons. The van der Waals surface area contributed by atoms with Crippen LogP contribution in [0.1, 0.15) is 67.7 Å². The summed E-state index contributed by atoms with van der Waals surface area (Å²) in [7, 11) is 2.93. The molecule has 0 aliphatic carbocycles. The molecule has 0 fully saturated rings. The van der Waals surface area contributed by atoms with E-state index in [1.165, 1.54) is 7.11 Å². The Bertz CT molecular complexity index is 1040. The minimum absolute atomic E-state index is 0.0653. The number of benzene rings is 2. The van der Waals surface area contributed by atoms with E-state index >= 15 is 0 Å². The van der Waals surface area contributed by atoms with Crippen molar-refractivity contribution >= 4 is 12.1 Å². The lowest BCUT2D eigenvalue weighted by molar-refractivity contribution is 0.00875. The third-order valence-electron chi connectivity index (χ3n) is 5.75. The van der Waals surface area contributed by atoms with E-state index in [2.05, 4.69) is 13.8 Å². The molecule has 184 valence electrons. The van der Waals surface area contributed by atoms with Gasteiger partial charge in [-0.1, -0.05) is 19.9 Å². The van der Waals surface area contributed by atoms with Gasteiger partial charge in [0.1, 0.15) is 23.7 Å². The lowest BCUT2D eigenvalue weighted by Crippen LogP contribution is -2.44. The van der Waals surface area contributed by atoms with Gasteiger partial charge in [0, 0.05) is 12.1 Å². The highest BCUT2D eigenvalue weighted by atomic mass is 16.6. The molecule has 0 aromatic heterocycles. The number of amides is 1. The number of nitrogens with zero attached hydrogens (tertiary/aromatic N) is 1. The summed E-state index contributed by atoms with van der Waals surface area (Å²) in [5, 5.41) is 0. The molecule has 0 bridgehead atoms. The summed E-state index contributed by atoms with van der Waals surface area (Å²) in [5.41, 5.74) is 2.92. The lowest BCUT2D eigenvalue weighted by atomic mass is 9.86. The van der Waals surface area contributed by atoms with Crippen LogP contribution in [0.4, 0.5) is 4.79 Å². The van der Waals surface area contributed by atoms with E-state index < -0.39 is 11.6 Å². The van der Waals surface area contributed by atoms with E-state index in [9.17, 15) is 9.59 Å². The summed E-state index contributed by atoms with van der Waals surface area (Å²) in [5.74, 6) is 1.17. The normalized spacial score (nSPS) is 15.5. The van der Waals surface area contributed by atoms with E-state index in [1.807, 2.05) is 43.9 Å². The standard InChI is InChI=1S/C27H35NO6/c1-17(2)24-22-10-9-21(15-18(22)12-13-28(24)26(30)34-27(3,4)5)33-16-20-14-19(25(29)32-7)8-11-23(20)31-6/h8-11,14-15,17,24H,12-13,16H2,1-7H3/t24-/m0/s1. The number of methoxy groups -OCH3 is 2. The maximum Gasteiger partial charge on any atom is 0.410 e. The van der Waals surface area contributed by atoms with Crippen LogP contribution in [0.2, 0.25) is 0 Å². The van der Waals surface area contributed by atoms with Gasteiger partial charge in [0.25, 0.3) is 0 Å². The molecule has 1 amide bonds. The third kappa shape index (κ3) is 5.82. The van der Waals surface area contributed by atoms with E-state index in [0.29, 0.717) is 17.9 Å². The second-order valence-electron chi connectivity index (χ2n) is 9.78. The minimum Gasteiger partial charge on any atom is -0.496 e. The van der Waals surface area contributed by atoms with Crippen LogP contribution in [-0.4, -0.2) is 43.3 Å². The SMILES string of the molecule is COC(=O)c1ccc(OC)c(COc2ccc3c(c2)CCN(C(=O)OC(C)(C)C)[C@H]3C(C)C)c1. The molecule has 34 heavy (non-hydrogen) atoms. The van der Waals surface area contributed by atoms with Gasteiger partial charge in [-0.25, -0.2) is 9.59 Å². The number of rotatable bonds is 6. The molecule has 0 saturated heterocycles. The zero-order chi connectivity index (χ0) is 25.0. The number of carbonyl (C=O) groups excluding carboxylic acids is 2. The van der Waals surface area contributed by atoms with Gasteiger partial charge in [-0.3, -0.25) is 0 Å². The van der Waals surface area contributed by atoms with Gasteiger partial charge in [0.05, 0.1) is 25.8 Å². The van der Waals surface area contributed by atoms with Crippen LogP contribution in [0.25, 0.3) is 0 Å². The number of fused-ring (bicyclic) bond motifs is 1. The Hall–Kier alpha value is -3.22. The van der Waals surface area contributed by atoms with Crippen molar-refractivity contribution in [3.05, 3.63) is 58.7 Å². The van der Waals surface area contributed by atoms with Crippen LogP contribution in [0.15, 0.2) is 36.4 Å². The fourth-order valence-electron chi connectivity index (χ4n) is 4.27. The van der Waals surface area contributed by atoms with Crippen molar-refractivity contribution in [2.45, 2.75) is 59.3 Å². The van der Waals surface area contributed by atoms with Gasteiger partial charge >= 0.3 is 12.1 Å². The Morgan fingerprint density at radius 2 is 1.82 bits per heavy atom. The van der Waals surface area contributed by atoms with E-state index in [0.717, 1.165) is 28.9 Å². The first-order valence-electron chi connectivity index (χ1n) is 11.5. The van der Waals surface area contributed by atoms with E-state index in [4.69, 9.17) is 18.9 Å². The third-order valence-corrected chi connectivity index (χ3v) is 5.75. The summed E-state index contributed by atoms with van der Waals surface area (Å²) in [6.07, 6.45) is 0.436. The van der Waals surface area contributed by atoms with Crippen molar-refractivity contribution in [3.8, 4) is 11.5 Å². The number of carbonyl (C=O) groups is 2. The second kappa shape index (κ2) is 10.4. The summed E-state index contributed by atoms with van der Waals surface area (Å²) >= 11 is 0. The lowest BCUT2D eigenvalue weighted by Gasteiger charge is -2.40. The van der Waals surface area contributed by atoms with Crippen molar-refractivity contribution < 1.29 is 28.5 Å². The van der Waals surface area contributed by atoms with Gasteiger partial charge in [-0.15, -0.1) is 0 Å². The Kier molecular flexibility index (Phi) is 7.75. The summed E-state index contributed by atoms with van der Waals surface area (Å²) in [4.78, 5) is 26.6. The van der Waals surface area contributed by atoms with Crippen LogP contribution in [0.5, 0.6) is 11.5 Å². The van der Waals surface area contributed by atoms with E-state index in [1.54, 1.807) is 25.3 Å². The van der Waals surface area contributed by atoms with Gasteiger partial charge in [0.15, 0.2) is 0 Å². The Morgan fingerprint density at radius 3 is 2.44 bits per heavy atom. The average molecular weight is 470 g/mol. The molecule has 0 spiro atoms. The highest BCUT2D eigenvalue weighted by molar-refractivity contribution is 5.89. The van der Waals surface area contributed by atoms with Crippen LogP contribution in [0.3, 0.4) is 0 Å². The Labute approximate surface area is 201 Å². The van der Waals surface area contributed by atoms with Gasteiger partial charge in [-0.2, -0.15) is 0 Å². The summed E-state index contributed by atoms with van der Waals surface area (Å²) < 4.78 is 22.0. The smallest absolute Gasteiger partial charge is 0.410 e. The van der Waals surface area contributed by atoms with Crippen LogP contribution in [0, 0.1) is 5.92 Å². The zero-order valence-corrected chi connectivity index (χ0v) is 21.1. The minimum atomic E-state index is -0.539. The van der Waals surface area contributed by atoms with Gasteiger partial charge < -0.3 is 23.8 Å². The molecule has 1 atom stereocenters. The second-order valence-corrected chi connectivity index (χ2v) is 9.78. The highest BCUT2D eigenvalue weighted by Crippen LogP contribution is 2.38. The predicted octanol–water partition coefficient (Wildman–Crippen LogP) is 5.55. The number of hydrogen-bond acceptors (Lipinski definition) is 6. The summed E-state index contributed by atoms with van der Waals surface area (Å²) in [6.45, 7) is 10.7. The molecule has 1 aliphatic heterocycles. The number of ether oxygens (including phenoxy) is 4. The fraction of sp³-hybridized carbons (Fsp3) is 0.481. The first kappa shape index (κ1) is 25.4. The molecular weight excluding hydrogens is 434 g/mol. The molecule has 2 aromatic rings. The van der Waals surface area contributed by atoms with Crippen molar-refractivity contribution in [1.82, 2.24) is 4.90 Å². The number of esters is 1. The van der Waals surface area contributed by atoms with Crippen molar-refractivity contribution in [1.29, 1.82) is 0 Å². The van der Waals surface area contributed by atoms with Gasteiger partial charge in [-0.05, 0) is 74.6 Å². The highest BCUT2D eigenvalue weighted by Gasteiger charge is 2.35. The molecule has 0 saturated carbocycles. The quantitative estimate of drug-likeness (QED) is 0.517. The fourth-order valence-corrected chi connectivity index (χ4v) is 4.27. The molecule has 7 nitrogen and oxygen atoms in total. The van der Waals surface area contributed by atoms with Gasteiger partial charge in [0.2, 0.25) is 0 Å². The molecule has 0 N–H and O–H groups in total. The maximum absolute atomic E-state index is 12.9. The van der Waals surface area contributed by atoms with E-state index in [-0.39, 0.29) is 24.7 Å². The van der Waals surface area contributed by atoms with Crippen LogP contribution >= 0.6 is 0 Å². The molecular formula is C27H35NO6. The van der Waals surface area contributed by atoms with Crippen molar-refractivity contribution in [2.24, 2.45) is 5.92 Å². The molecule has 7 heteroatoms. The van der Waals surface area contributed by atoms with Crippen molar-refractivity contribution in [3.63, 3.8) is 0 Å². The topological polar surface area (TPSA) is 74.3 Å². The molecule has 3 rings (SSSR count). The maximum atomic E-state index is 12.9. The zero-order valence-electron chi connectivity index (χ0n) is 21.1. The van der Waals surface area contributed by atoms with Crippen molar-refractivity contribution in [2.75, 3.05) is 20.8 Å². The molecule has 2 aromatic carbocycles. The molecule has 0 unspecified atom stereocenters. The number of hydrogen-bond donors (Lipinski definition) is 0. The largest absolute Gasteiger partial charge is 0.496 e. The molecule has 1 heterocycles.